The van der Waals surface area contributed by atoms with Crippen LogP contribution >= 0.6 is 11.6 Å². The summed E-state index contributed by atoms with van der Waals surface area (Å²) in [6, 6.07) is 8.22. The van der Waals surface area contributed by atoms with Crippen molar-refractivity contribution < 1.29 is 4.74 Å². The minimum atomic E-state index is -0.288. The number of hydrogen-bond donors (Lipinski definition) is 1. The van der Waals surface area contributed by atoms with Gasteiger partial charge in [-0.2, -0.15) is 5.26 Å². The Morgan fingerprint density at radius 1 is 1.43 bits per heavy atom. The van der Waals surface area contributed by atoms with E-state index in [0.29, 0.717) is 11.6 Å². The van der Waals surface area contributed by atoms with E-state index in [1.54, 1.807) is 0 Å². The van der Waals surface area contributed by atoms with Gasteiger partial charge in [-0.3, -0.25) is 0 Å². The predicted molar refractivity (Wildman–Crippen MR) is 87.7 cm³/mol. The molecule has 1 unspecified atom stereocenters. The second-order valence-electron chi connectivity index (χ2n) is 5.91. The number of ether oxygens (including phenoxy) is 1. The van der Waals surface area contributed by atoms with Gasteiger partial charge in [-0.25, -0.2) is 0 Å². The summed E-state index contributed by atoms with van der Waals surface area (Å²) in [5.41, 5.74) is 0.785. The minimum Gasteiger partial charge on any atom is -0.493 e. The molecule has 21 heavy (non-hydrogen) atoms. The SMILES string of the molecule is CCNC(C)c1cc(Cl)ccc1OCCCC(C)(C)C#N. The van der Waals surface area contributed by atoms with Crippen LogP contribution in [0.15, 0.2) is 18.2 Å². The molecule has 1 N–H and O–H groups in total. The first-order valence-electron chi connectivity index (χ1n) is 7.46. The van der Waals surface area contributed by atoms with Crippen LogP contribution in [0.2, 0.25) is 5.02 Å². The van der Waals surface area contributed by atoms with Gasteiger partial charge in [0.1, 0.15) is 5.75 Å². The molecule has 116 valence electrons. The van der Waals surface area contributed by atoms with Crippen LogP contribution < -0.4 is 10.1 Å². The van der Waals surface area contributed by atoms with Crippen LogP contribution in [0.5, 0.6) is 5.75 Å². The molecule has 1 atom stereocenters. The lowest BCUT2D eigenvalue weighted by Crippen LogP contribution is -2.19. The summed E-state index contributed by atoms with van der Waals surface area (Å²) in [5.74, 6) is 0.864. The first-order valence-corrected chi connectivity index (χ1v) is 7.84. The normalized spacial score (nSPS) is 12.8. The molecular weight excluding hydrogens is 284 g/mol. The van der Waals surface area contributed by atoms with Crippen molar-refractivity contribution in [1.29, 1.82) is 5.26 Å². The van der Waals surface area contributed by atoms with E-state index in [4.69, 9.17) is 21.6 Å². The van der Waals surface area contributed by atoms with Crippen LogP contribution in [0, 0.1) is 16.7 Å². The van der Waals surface area contributed by atoms with Crippen molar-refractivity contribution in [3.8, 4) is 11.8 Å². The van der Waals surface area contributed by atoms with E-state index < -0.39 is 0 Å². The van der Waals surface area contributed by atoms with Gasteiger partial charge in [-0.1, -0.05) is 18.5 Å². The summed E-state index contributed by atoms with van der Waals surface area (Å²) in [7, 11) is 0. The van der Waals surface area contributed by atoms with Crippen molar-refractivity contribution >= 4 is 11.6 Å². The summed E-state index contributed by atoms with van der Waals surface area (Å²) in [6.45, 7) is 9.58. The molecule has 1 aromatic rings. The first-order chi connectivity index (χ1) is 9.89. The molecule has 1 aromatic carbocycles. The smallest absolute Gasteiger partial charge is 0.124 e. The Morgan fingerprint density at radius 2 is 2.14 bits per heavy atom. The maximum atomic E-state index is 9.00. The third kappa shape index (κ3) is 5.95. The van der Waals surface area contributed by atoms with Crippen LogP contribution in [0.4, 0.5) is 0 Å². The fraction of sp³-hybridized carbons (Fsp3) is 0.588. The fourth-order valence-corrected chi connectivity index (χ4v) is 2.34. The Balaban J connectivity index is 2.64. The van der Waals surface area contributed by atoms with Gasteiger partial charge in [-0.05, 0) is 58.4 Å². The van der Waals surface area contributed by atoms with Gasteiger partial charge in [-0.15, -0.1) is 0 Å². The van der Waals surface area contributed by atoms with E-state index in [9.17, 15) is 0 Å². The molecule has 0 aromatic heterocycles. The number of rotatable bonds is 8. The second-order valence-corrected chi connectivity index (χ2v) is 6.35. The number of halogens is 1. The zero-order valence-corrected chi connectivity index (χ0v) is 14.1. The van der Waals surface area contributed by atoms with Gasteiger partial charge in [0, 0.05) is 16.6 Å². The van der Waals surface area contributed by atoms with Gasteiger partial charge in [0.25, 0.3) is 0 Å². The van der Waals surface area contributed by atoms with E-state index in [1.165, 1.54) is 0 Å². The minimum absolute atomic E-state index is 0.194. The summed E-state index contributed by atoms with van der Waals surface area (Å²) in [4.78, 5) is 0. The molecule has 1 rings (SSSR count). The topological polar surface area (TPSA) is 45.0 Å². The molecular formula is C17H25ClN2O. The third-order valence-electron chi connectivity index (χ3n) is 3.45. The molecule has 3 nitrogen and oxygen atoms in total. The van der Waals surface area contributed by atoms with Crippen LogP contribution in [-0.4, -0.2) is 13.2 Å². The standard InChI is InChI=1S/C17H25ClN2O/c1-5-20-13(2)15-11-14(18)7-8-16(15)21-10-6-9-17(3,4)12-19/h7-8,11,13,20H,5-6,9-10H2,1-4H3. The Morgan fingerprint density at radius 3 is 2.76 bits per heavy atom. The lowest BCUT2D eigenvalue weighted by molar-refractivity contribution is 0.280. The highest BCUT2D eigenvalue weighted by atomic mass is 35.5. The summed E-state index contributed by atoms with van der Waals surface area (Å²) < 4.78 is 5.89. The average Bonchev–Trinajstić information content (AvgIpc) is 2.45. The molecule has 0 heterocycles. The molecule has 0 amide bonds. The maximum Gasteiger partial charge on any atom is 0.124 e. The number of hydrogen-bond acceptors (Lipinski definition) is 3. The van der Waals surface area contributed by atoms with E-state index in [-0.39, 0.29) is 11.5 Å². The Hall–Kier alpha value is -1.24. The summed E-state index contributed by atoms with van der Waals surface area (Å²) in [5, 5.41) is 13.1. The van der Waals surface area contributed by atoms with Crippen molar-refractivity contribution in [2.24, 2.45) is 5.41 Å². The zero-order chi connectivity index (χ0) is 15.9. The van der Waals surface area contributed by atoms with E-state index in [1.807, 2.05) is 32.0 Å². The highest BCUT2D eigenvalue weighted by Crippen LogP contribution is 2.29. The van der Waals surface area contributed by atoms with Gasteiger partial charge >= 0.3 is 0 Å². The van der Waals surface area contributed by atoms with Gasteiger partial charge < -0.3 is 10.1 Å². The molecule has 0 radical (unpaired) electrons. The van der Waals surface area contributed by atoms with Gasteiger partial charge in [0.15, 0.2) is 0 Å². The van der Waals surface area contributed by atoms with E-state index in [2.05, 4.69) is 25.2 Å². The number of benzene rings is 1. The first kappa shape index (κ1) is 17.8. The fourth-order valence-electron chi connectivity index (χ4n) is 2.16. The number of nitrogens with one attached hydrogen (secondary N) is 1. The molecule has 0 bridgehead atoms. The summed E-state index contributed by atoms with van der Waals surface area (Å²) >= 11 is 6.08. The Labute approximate surface area is 133 Å². The lowest BCUT2D eigenvalue weighted by atomic mass is 9.90. The quantitative estimate of drug-likeness (QED) is 0.707. The highest BCUT2D eigenvalue weighted by Gasteiger charge is 2.16. The van der Waals surface area contributed by atoms with Crippen molar-refractivity contribution in [1.82, 2.24) is 5.32 Å². The Bertz CT molecular complexity index is 494. The van der Waals surface area contributed by atoms with E-state index in [0.717, 1.165) is 30.7 Å². The van der Waals surface area contributed by atoms with Crippen molar-refractivity contribution in [3.63, 3.8) is 0 Å². The Kier molecular flexibility index (Phi) is 7.01. The van der Waals surface area contributed by atoms with Crippen LogP contribution in [0.1, 0.15) is 52.1 Å². The number of nitriles is 1. The monoisotopic (exact) mass is 308 g/mol. The summed E-state index contributed by atoms with van der Waals surface area (Å²) in [6.07, 6.45) is 1.69. The molecule has 0 saturated heterocycles. The molecule has 0 aliphatic rings. The largest absolute Gasteiger partial charge is 0.493 e. The lowest BCUT2D eigenvalue weighted by Gasteiger charge is -2.19. The molecule has 0 spiro atoms. The maximum absolute atomic E-state index is 9.00. The average molecular weight is 309 g/mol. The van der Waals surface area contributed by atoms with Crippen molar-refractivity contribution in [2.45, 2.75) is 46.6 Å². The highest BCUT2D eigenvalue weighted by molar-refractivity contribution is 6.30. The number of nitrogens with zero attached hydrogens (tertiary/aromatic N) is 1. The van der Waals surface area contributed by atoms with Crippen LogP contribution in [0.3, 0.4) is 0 Å². The van der Waals surface area contributed by atoms with Crippen LogP contribution in [0.25, 0.3) is 0 Å². The zero-order valence-electron chi connectivity index (χ0n) is 13.4. The molecule has 4 heteroatoms. The molecule has 0 saturated carbocycles. The molecule has 0 aliphatic carbocycles. The van der Waals surface area contributed by atoms with Gasteiger partial charge in [0.2, 0.25) is 0 Å². The van der Waals surface area contributed by atoms with Crippen molar-refractivity contribution in [2.75, 3.05) is 13.2 Å². The van der Waals surface area contributed by atoms with Crippen molar-refractivity contribution in [3.05, 3.63) is 28.8 Å². The van der Waals surface area contributed by atoms with E-state index >= 15 is 0 Å². The van der Waals surface area contributed by atoms with Crippen LogP contribution in [-0.2, 0) is 0 Å². The molecule has 0 aliphatic heterocycles. The third-order valence-corrected chi connectivity index (χ3v) is 3.69. The second kappa shape index (κ2) is 8.26. The molecule has 0 fully saturated rings. The predicted octanol–water partition coefficient (Wildman–Crippen LogP) is 4.72. The van der Waals surface area contributed by atoms with Gasteiger partial charge in [0.05, 0.1) is 18.1 Å².